The second-order valence-corrected chi connectivity index (χ2v) is 7.30. The standard InChI is InChI=1S/C17H30N2O3/c1-13-11-19(15-6-4-3-5-14(13)15)16(20)18-12-17(21-2)7-9-22-10-8-17/h13-15H,3-12H2,1-2H3,(H,18,20)/t13-,14+,15-/m0/s1. The van der Waals surface area contributed by atoms with Gasteiger partial charge in [-0.1, -0.05) is 19.8 Å². The smallest absolute Gasteiger partial charge is 0.317 e. The number of carbonyl (C=O) groups excluding carboxylic acids is 1. The number of hydrogen-bond acceptors (Lipinski definition) is 3. The van der Waals surface area contributed by atoms with Gasteiger partial charge in [-0.25, -0.2) is 4.79 Å². The van der Waals surface area contributed by atoms with Crippen molar-refractivity contribution in [3.8, 4) is 0 Å². The highest BCUT2D eigenvalue weighted by Gasteiger charge is 2.43. The lowest BCUT2D eigenvalue weighted by Gasteiger charge is -2.37. The molecule has 5 nitrogen and oxygen atoms in total. The summed E-state index contributed by atoms with van der Waals surface area (Å²) >= 11 is 0. The number of nitrogens with zero attached hydrogens (tertiary/aromatic N) is 1. The molecule has 0 aromatic rings. The first-order chi connectivity index (χ1) is 10.7. The van der Waals surface area contributed by atoms with Crippen molar-refractivity contribution in [1.29, 1.82) is 0 Å². The molecule has 0 spiro atoms. The zero-order chi connectivity index (χ0) is 15.6. The van der Waals surface area contributed by atoms with Crippen LogP contribution in [0.2, 0.25) is 0 Å². The predicted molar refractivity (Wildman–Crippen MR) is 84.8 cm³/mol. The number of likely N-dealkylation sites (tertiary alicyclic amines) is 1. The Morgan fingerprint density at radius 1 is 1.32 bits per heavy atom. The highest BCUT2D eigenvalue weighted by molar-refractivity contribution is 5.75. The van der Waals surface area contributed by atoms with Crippen LogP contribution in [0.4, 0.5) is 4.79 Å². The van der Waals surface area contributed by atoms with E-state index < -0.39 is 0 Å². The van der Waals surface area contributed by atoms with Gasteiger partial charge in [-0.3, -0.25) is 0 Å². The van der Waals surface area contributed by atoms with Crippen molar-refractivity contribution in [2.24, 2.45) is 11.8 Å². The molecule has 126 valence electrons. The molecule has 5 heteroatoms. The van der Waals surface area contributed by atoms with E-state index in [1.807, 2.05) is 0 Å². The van der Waals surface area contributed by atoms with Crippen LogP contribution in [0.5, 0.6) is 0 Å². The number of carbonyl (C=O) groups is 1. The van der Waals surface area contributed by atoms with Crippen molar-refractivity contribution in [3.63, 3.8) is 0 Å². The van der Waals surface area contributed by atoms with Crippen molar-refractivity contribution < 1.29 is 14.3 Å². The van der Waals surface area contributed by atoms with Gasteiger partial charge in [-0.05, 0) is 24.7 Å². The van der Waals surface area contributed by atoms with E-state index in [-0.39, 0.29) is 11.6 Å². The van der Waals surface area contributed by atoms with Crippen LogP contribution in [0.3, 0.4) is 0 Å². The van der Waals surface area contributed by atoms with E-state index in [0.717, 1.165) is 32.6 Å². The van der Waals surface area contributed by atoms with Crippen LogP contribution in [0, 0.1) is 11.8 Å². The maximum absolute atomic E-state index is 12.7. The van der Waals surface area contributed by atoms with E-state index in [1.54, 1.807) is 7.11 Å². The van der Waals surface area contributed by atoms with E-state index in [0.29, 0.717) is 24.4 Å². The predicted octanol–water partition coefficient (Wildman–Crippen LogP) is 2.40. The van der Waals surface area contributed by atoms with Gasteiger partial charge in [-0.2, -0.15) is 0 Å². The van der Waals surface area contributed by atoms with Gasteiger partial charge in [0, 0.05) is 52.3 Å². The van der Waals surface area contributed by atoms with Gasteiger partial charge >= 0.3 is 6.03 Å². The summed E-state index contributed by atoms with van der Waals surface area (Å²) in [5.74, 6) is 1.34. The Balaban J connectivity index is 1.57. The molecule has 0 radical (unpaired) electrons. The largest absolute Gasteiger partial charge is 0.381 e. The lowest BCUT2D eigenvalue weighted by atomic mass is 9.80. The molecule has 0 bridgehead atoms. The summed E-state index contributed by atoms with van der Waals surface area (Å²) in [5.41, 5.74) is -0.245. The molecule has 0 aromatic carbocycles. The Kier molecular flexibility index (Phi) is 4.93. The first kappa shape index (κ1) is 16.1. The lowest BCUT2D eigenvalue weighted by Crippen LogP contribution is -2.52. The number of ether oxygens (including phenoxy) is 2. The number of rotatable bonds is 3. The fourth-order valence-corrected chi connectivity index (χ4v) is 4.54. The average molecular weight is 310 g/mol. The van der Waals surface area contributed by atoms with E-state index in [9.17, 15) is 4.79 Å². The third-order valence-corrected chi connectivity index (χ3v) is 6.06. The molecule has 1 aliphatic carbocycles. The van der Waals surface area contributed by atoms with Crippen LogP contribution in [0.25, 0.3) is 0 Å². The molecule has 2 saturated heterocycles. The molecule has 1 saturated carbocycles. The zero-order valence-corrected chi connectivity index (χ0v) is 14.0. The Morgan fingerprint density at radius 2 is 2.05 bits per heavy atom. The Hall–Kier alpha value is -0.810. The number of methoxy groups -OCH3 is 1. The third kappa shape index (κ3) is 3.11. The first-order valence-corrected chi connectivity index (χ1v) is 8.82. The van der Waals surface area contributed by atoms with E-state index >= 15 is 0 Å². The van der Waals surface area contributed by atoms with E-state index in [4.69, 9.17) is 9.47 Å². The quantitative estimate of drug-likeness (QED) is 0.871. The van der Waals surface area contributed by atoms with Crippen molar-refractivity contribution >= 4 is 6.03 Å². The third-order valence-electron chi connectivity index (χ3n) is 6.06. The van der Waals surface area contributed by atoms with Crippen LogP contribution in [-0.2, 0) is 9.47 Å². The number of amides is 2. The molecular formula is C17H30N2O3. The molecule has 2 aliphatic heterocycles. The normalized spacial score (nSPS) is 34.3. The van der Waals surface area contributed by atoms with Crippen LogP contribution in [0.15, 0.2) is 0 Å². The molecule has 2 heterocycles. The Labute approximate surface area is 133 Å². The molecule has 22 heavy (non-hydrogen) atoms. The SMILES string of the molecule is COC1(CNC(=O)N2C[C@H](C)[C@H]3CCCC[C@@H]32)CCOCC1. The highest BCUT2D eigenvalue weighted by atomic mass is 16.5. The topological polar surface area (TPSA) is 50.8 Å². The highest BCUT2D eigenvalue weighted by Crippen LogP contribution is 2.39. The summed E-state index contributed by atoms with van der Waals surface area (Å²) in [6.45, 7) is 5.23. The van der Waals surface area contributed by atoms with Crippen molar-refractivity contribution in [1.82, 2.24) is 10.2 Å². The molecule has 3 atom stereocenters. The maximum Gasteiger partial charge on any atom is 0.317 e. The molecule has 3 rings (SSSR count). The maximum atomic E-state index is 12.7. The number of nitrogens with one attached hydrogen (secondary N) is 1. The first-order valence-electron chi connectivity index (χ1n) is 8.82. The minimum atomic E-state index is -0.245. The molecule has 3 aliphatic rings. The van der Waals surface area contributed by atoms with Crippen LogP contribution in [0.1, 0.15) is 45.4 Å². The zero-order valence-electron chi connectivity index (χ0n) is 14.0. The minimum absolute atomic E-state index is 0.101. The average Bonchev–Trinajstić information content (AvgIpc) is 2.91. The minimum Gasteiger partial charge on any atom is -0.381 e. The fraction of sp³-hybridized carbons (Fsp3) is 0.941. The monoisotopic (exact) mass is 310 g/mol. The lowest BCUT2D eigenvalue weighted by molar-refractivity contribution is -0.0865. The molecule has 1 N–H and O–H groups in total. The van der Waals surface area contributed by atoms with Crippen molar-refractivity contribution in [2.75, 3.05) is 33.4 Å². The van der Waals surface area contributed by atoms with Gasteiger partial charge in [-0.15, -0.1) is 0 Å². The van der Waals surface area contributed by atoms with Gasteiger partial charge in [0.2, 0.25) is 0 Å². The number of hydrogen-bond donors (Lipinski definition) is 1. The second-order valence-electron chi connectivity index (χ2n) is 7.30. The summed E-state index contributed by atoms with van der Waals surface area (Å²) in [7, 11) is 1.74. The second kappa shape index (κ2) is 6.75. The summed E-state index contributed by atoms with van der Waals surface area (Å²) in [6, 6.07) is 0.557. The molecular weight excluding hydrogens is 280 g/mol. The fourth-order valence-electron chi connectivity index (χ4n) is 4.54. The Bertz CT molecular complexity index is 395. The van der Waals surface area contributed by atoms with Crippen LogP contribution < -0.4 is 5.32 Å². The van der Waals surface area contributed by atoms with Gasteiger partial charge in [0.15, 0.2) is 0 Å². The molecule has 0 aromatic heterocycles. The van der Waals surface area contributed by atoms with Gasteiger partial charge in [0.25, 0.3) is 0 Å². The molecule has 2 amide bonds. The van der Waals surface area contributed by atoms with E-state index in [1.165, 1.54) is 25.7 Å². The summed E-state index contributed by atoms with van der Waals surface area (Å²) in [6.07, 6.45) is 6.75. The van der Waals surface area contributed by atoms with Gasteiger partial charge in [0.05, 0.1) is 5.60 Å². The van der Waals surface area contributed by atoms with Crippen LogP contribution >= 0.6 is 0 Å². The van der Waals surface area contributed by atoms with Crippen LogP contribution in [-0.4, -0.2) is 56.0 Å². The molecule has 0 unspecified atom stereocenters. The van der Waals surface area contributed by atoms with Gasteiger partial charge in [0.1, 0.15) is 0 Å². The van der Waals surface area contributed by atoms with Crippen molar-refractivity contribution in [2.45, 2.75) is 57.1 Å². The summed E-state index contributed by atoms with van der Waals surface area (Å²) in [5, 5.41) is 3.15. The number of fused-ring (bicyclic) bond motifs is 1. The summed E-state index contributed by atoms with van der Waals surface area (Å²) in [4.78, 5) is 14.8. The van der Waals surface area contributed by atoms with Crippen molar-refractivity contribution in [3.05, 3.63) is 0 Å². The summed E-state index contributed by atoms with van der Waals surface area (Å²) < 4.78 is 11.1. The number of urea groups is 1. The van der Waals surface area contributed by atoms with E-state index in [2.05, 4.69) is 17.1 Å². The molecule has 3 fully saturated rings. The van der Waals surface area contributed by atoms with Gasteiger partial charge < -0.3 is 19.7 Å². The Morgan fingerprint density at radius 3 is 2.77 bits per heavy atom.